The van der Waals surface area contributed by atoms with Crippen molar-refractivity contribution in [1.29, 1.82) is 0 Å². The summed E-state index contributed by atoms with van der Waals surface area (Å²) >= 11 is 0. The van der Waals surface area contributed by atoms with Gasteiger partial charge in [0, 0.05) is 23.8 Å². The third-order valence-electron chi connectivity index (χ3n) is 2.98. The SMILES string of the molecule is CC(C)NC(=O)c1cccc(NCc2ccc(O)cc2)c1. The minimum Gasteiger partial charge on any atom is -0.508 e. The zero-order valence-electron chi connectivity index (χ0n) is 12.3. The van der Waals surface area contributed by atoms with E-state index in [1.54, 1.807) is 18.2 Å². The predicted molar refractivity (Wildman–Crippen MR) is 84.5 cm³/mol. The van der Waals surface area contributed by atoms with Gasteiger partial charge in [-0.15, -0.1) is 0 Å². The van der Waals surface area contributed by atoms with Crippen molar-refractivity contribution < 1.29 is 9.90 Å². The molecule has 4 nitrogen and oxygen atoms in total. The van der Waals surface area contributed by atoms with E-state index in [-0.39, 0.29) is 17.7 Å². The second-order valence-corrected chi connectivity index (χ2v) is 5.23. The van der Waals surface area contributed by atoms with Crippen LogP contribution in [0.3, 0.4) is 0 Å². The number of aromatic hydroxyl groups is 1. The van der Waals surface area contributed by atoms with Crippen LogP contribution in [0.2, 0.25) is 0 Å². The Balaban J connectivity index is 2.00. The van der Waals surface area contributed by atoms with Crippen LogP contribution in [-0.2, 0) is 6.54 Å². The first-order chi connectivity index (χ1) is 10.0. The molecule has 0 saturated carbocycles. The number of rotatable bonds is 5. The Bertz CT molecular complexity index is 606. The van der Waals surface area contributed by atoms with Crippen molar-refractivity contribution in [2.75, 3.05) is 5.32 Å². The molecule has 2 rings (SSSR count). The van der Waals surface area contributed by atoms with Crippen LogP contribution in [0.1, 0.15) is 29.8 Å². The quantitative estimate of drug-likeness (QED) is 0.790. The van der Waals surface area contributed by atoms with Crippen molar-refractivity contribution >= 4 is 11.6 Å². The van der Waals surface area contributed by atoms with Gasteiger partial charge in [0.05, 0.1) is 0 Å². The Morgan fingerprint density at radius 3 is 2.52 bits per heavy atom. The highest BCUT2D eigenvalue weighted by Gasteiger charge is 2.07. The lowest BCUT2D eigenvalue weighted by Crippen LogP contribution is -2.30. The molecule has 0 atom stereocenters. The van der Waals surface area contributed by atoms with E-state index in [9.17, 15) is 9.90 Å². The summed E-state index contributed by atoms with van der Waals surface area (Å²) in [7, 11) is 0. The molecular formula is C17H20N2O2. The van der Waals surface area contributed by atoms with Crippen molar-refractivity contribution in [3.8, 4) is 5.75 Å². The van der Waals surface area contributed by atoms with Gasteiger partial charge in [0.2, 0.25) is 0 Å². The van der Waals surface area contributed by atoms with E-state index < -0.39 is 0 Å². The summed E-state index contributed by atoms with van der Waals surface area (Å²) in [6.07, 6.45) is 0. The molecule has 2 aromatic rings. The molecule has 0 unspecified atom stereocenters. The van der Waals surface area contributed by atoms with Crippen LogP contribution in [0.5, 0.6) is 5.75 Å². The minimum absolute atomic E-state index is 0.0710. The first-order valence-corrected chi connectivity index (χ1v) is 6.97. The van der Waals surface area contributed by atoms with E-state index in [1.165, 1.54) is 0 Å². The molecule has 0 aliphatic carbocycles. The largest absolute Gasteiger partial charge is 0.508 e. The van der Waals surface area contributed by atoms with Gasteiger partial charge in [-0.1, -0.05) is 18.2 Å². The molecule has 0 aliphatic rings. The van der Waals surface area contributed by atoms with E-state index in [1.807, 2.05) is 44.2 Å². The van der Waals surface area contributed by atoms with Gasteiger partial charge in [0.15, 0.2) is 0 Å². The number of phenolic OH excluding ortho intramolecular Hbond substituents is 1. The molecule has 0 aromatic heterocycles. The van der Waals surface area contributed by atoms with Gasteiger partial charge in [-0.05, 0) is 49.7 Å². The van der Waals surface area contributed by atoms with Crippen molar-refractivity contribution in [2.45, 2.75) is 26.4 Å². The van der Waals surface area contributed by atoms with Gasteiger partial charge < -0.3 is 15.7 Å². The summed E-state index contributed by atoms with van der Waals surface area (Å²) in [6, 6.07) is 14.6. The number of phenols is 1. The van der Waals surface area contributed by atoms with Gasteiger partial charge >= 0.3 is 0 Å². The molecule has 1 amide bonds. The fourth-order valence-corrected chi connectivity index (χ4v) is 1.93. The van der Waals surface area contributed by atoms with Gasteiger partial charge in [-0.3, -0.25) is 4.79 Å². The van der Waals surface area contributed by atoms with E-state index >= 15 is 0 Å². The molecule has 0 aliphatic heterocycles. The zero-order valence-corrected chi connectivity index (χ0v) is 12.3. The molecule has 0 saturated heterocycles. The van der Waals surface area contributed by atoms with Crippen LogP contribution < -0.4 is 10.6 Å². The summed E-state index contributed by atoms with van der Waals surface area (Å²) in [5.41, 5.74) is 2.59. The number of nitrogens with one attached hydrogen (secondary N) is 2. The standard InChI is InChI=1S/C17H20N2O2/c1-12(2)19-17(21)14-4-3-5-15(10-14)18-11-13-6-8-16(20)9-7-13/h3-10,12,18,20H,11H2,1-2H3,(H,19,21). The van der Waals surface area contributed by atoms with E-state index in [4.69, 9.17) is 0 Å². The van der Waals surface area contributed by atoms with Gasteiger partial charge in [0.25, 0.3) is 5.91 Å². The van der Waals surface area contributed by atoms with Gasteiger partial charge in [-0.2, -0.15) is 0 Å². The maximum Gasteiger partial charge on any atom is 0.251 e. The number of anilines is 1. The van der Waals surface area contributed by atoms with Crippen molar-refractivity contribution in [3.63, 3.8) is 0 Å². The molecule has 3 N–H and O–H groups in total. The number of amides is 1. The molecule has 110 valence electrons. The average molecular weight is 284 g/mol. The second kappa shape index (κ2) is 6.79. The lowest BCUT2D eigenvalue weighted by molar-refractivity contribution is 0.0943. The summed E-state index contributed by atoms with van der Waals surface area (Å²) in [4.78, 5) is 12.0. The third-order valence-corrected chi connectivity index (χ3v) is 2.98. The van der Waals surface area contributed by atoms with Crippen LogP contribution in [0.4, 0.5) is 5.69 Å². The molecule has 0 heterocycles. The van der Waals surface area contributed by atoms with Crippen LogP contribution in [-0.4, -0.2) is 17.1 Å². The summed E-state index contributed by atoms with van der Waals surface area (Å²) < 4.78 is 0. The molecule has 4 heteroatoms. The number of hydrogen-bond donors (Lipinski definition) is 3. The van der Waals surface area contributed by atoms with Crippen LogP contribution in [0, 0.1) is 0 Å². The lowest BCUT2D eigenvalue weighted by Gasteiger charge is -2.11. The van der Waals surface area contributed by atoms with Crippen LogP contribution in [0.25, 0.3) is 0 Å². The fraction of sp³-hybridized carbons (Fsp3) is 0.235. The van der Waals surface area contributed by atoms with Crippen molar-refractivity contribution in [3.05, 3.63) is 59.7 Å². The van der Waals surface area contributed by atoms with Crippen molar-refractivity contribution in [2.24, 2.45) is 0 Å². The molecule has 0 bridgehead atoms. The number of hydrogen-bond acceptors (Lipinski definition) is 3. The predicted octanol–water partition coefficient (Wildman–Crippen LogP) is 3.14. The molecule has 0 spiro atoms. The minimum atomic E-state index is -0.0710. The Morgan fingerprint density at radius 2 is 1.86 bits per heavy atom. The normalized spacial score (nSPS) is 10.4. The fourth-order valence-electron chi connectivity index (χ4n) is 1.93. The van der Waals surface area contributed by atoms with Gasteiger partial charge in [0.1, 0.15) is 5.75 Å². The zero-order chi connectivity index (χ0) is 15.2. The highest BCUT2D eigenvalue weighted by Crippen LogP contribution is 2.14. The summed E-state index contributed by atoms with van der Waals surface area (Å²) in [5, 5.41) is 15.4. The smallest absolute Gasteiger partial charge is 0.251 e. The molecule has 2 aromatic carbocycles. The van der Waals surface area contributed by atoms with E-state index in [0.717, 1.165) is 11.3 Å². The topological polar surface area (TPSA) is 61.4 Å². The average Bonchev–Trinajstić information content (AvgIpc) is 2.46. The molecule has 0 fully saturated rings. The maximum atomic E-state index is 12.0. The first kappa shape index (κ1) is 14.9. The Morgan fingerprint density at radius 1 is 1.14 bits per heavy atom. The number of benzene rings is 2. The third kappa shape index (κ3) is 4.53. The Kier molecular flexibility index (Phi) is 4.82. The first-order valence-electron chi connectivity index (χ1n) is 6.97. The number of carbonyl (C=O) groups is 1. The second-order valence-electron chi connectivity index (χ2n) is 5.23. The highest BCUT2D eigenvalue weighted by atomic mass is 16.3. The summed E-state index contributed by atoms with van der Waals surface area (Å²) in [6.45, 7) is 4.51. The molecule has 0 radical (unpaired) electrons. The van der Waals surface area contributed by atoms with Crippen LogP contribution >= 0.6 is 0 Å². The molecule has 21 heavy (non-hydrogen) atoms. The van der Waals surface area contributed by atoms with Crippen LogP contribution in [0.15, 0.2) is 48.5 Å². The van der Waals surface area contributed by atoms with Crippen molar-refractivity contribution in [1.82, 2.24) is 5.32 Å². The highest BCUT2D eigenvalue weighted by molar-refractivity contribution is 5.95. The Labute approximate surface area is 124 Å². The number of carbonyl (C=O) groups excluding carboxylic acids is 1. The lowest BCUT2D eigenvalue weighted by atomic mass is 10.1. The van der Waals surface area contributed by atoms with E-state index in [2.05, 4.69) is 10.6 Å². The maximum absolute atomic E-state index is 12.0. The molecular weight excluding hydrogens is 264 g/mol. The Hall–Kier alpha value is -2.49. The monoisotopic (exact) mass is 284 g/mol. The summed E-state index contributed by atoms with van der Waals surface area (Å²) in [5.74, 6) is 0.185. The van der Waals surface area contributed by atoms with Gasteiger partial charge in [-0.25, -0.2) is 0 Å². The van der Waals surface area contributed by atoms with E-state index in [0.29, 0.717) is 12.1 Å².